The zero-order valence-electron chi connectivity index (χ0n) is 16.7. The van der Waals surface area contributed by atoms with Crippen LogP contribution in [-0.4, -0.2) is 46.4 Å². The lowest BCUT2D eigenvalue weighted by Crippen LogP contribution is -2.50. The van der Waals surface area contributed by atoms with Gasteiger partial charge in [0.2, 0.25) is 0 Å². The number of aryl methyl sites for hydroxylation is 3. The number of rotatable bonds is 2. The molecule has 7 heteroatoms. The molecule has 0 radical (unpaired) electrons. The standard InChI is InChI=1S/C21H24N4O2S/c1-13-6-5-7-18(14(13)2)23-8-10-24(11-9-23)19(26)17-12-22-21-25(20(17)27)15(3)16(4)28-21/h5-7,12H,8-11H2,1-4H3. The predicted octanol–water partition coefficient (Wildman–Crippen LogP) is 2.95. The fourth-order valence-corrected chi connectivity index (χ4v) is 4.65. The maximum absolute atomic E-state index is 13.0. The van der Waals surface area contributed by atoms with Gasteiger partial charge < -0.3 is 9.80 Å². The van der Waals surface area contributed by atoms with Crippen molar-refractivity contribution in [3.05, 3.63) is 62.0 Å². The Morgan fingerprint density at radius 1 is 1.07 bits per heavy atom. The van der Waals surface area contributed by atoms with Crippen LogP contribution >= 0.6 is 11.3 Å². The highest BCUT2D eigenvalue weighted by atomic mass is 32.1. The molecule has 1 amide bonds. The molecule has 1 saturated heterocycles. The predicted molar refractivity (Wildman–Crippen MR) is 113 cm³/mol. The zero-order chi connectivity index (χ0) is 20.0. The van der Waals surface area contributed by atoms with Crippen LogP contribution in [0.15, 0.2) is 29.2 Å². The number of hydrogen-bond donors (Lipinski definition) is 0. The zero-order valence-corrected chi connectivity index (χ0v) is 17.5. The lowest BCUT2D eigenvalue weighted by Gasteiger charge is -2.37. The summed E-state index contributed by atoms with van der Waals surface area (Å²) >= 11 is 1.47. The molecule has 1 aliphatic heterocycles. The summed E-state index contributed by atoms with van der Waals surface area (Å²) in [7, 11) is 0. The minimum atomic E-state index is -0.270. The molecule has 1 aliphatic rings. The van der Waals surface area contributed by atoms with Crippen LogP contribution in [0.5, 0.6) is 0 Å². The summed E-state index contributed by atoms with van der Waals surface area (Å²) in [6.07, 6.45) is 1.44. The summed E-state index contributed by atoms with van der Waals surface area (Å²) in [5.74, 6) is -0.226. The van der Waals surface area contributed by atoms with Crippen LogP contribution in [-0.2, 0) is 0 Å². The van der Waals surface area contributed by atoms with Crippen LogP contribution in [0.25, 0.3) is 4.96 Å². The second-order valence-corrected chi connectivity index (χ2v) is 8.52. The molecule has 3 aromatic rings. The Morgan fingerprint density at radius 3 is 2.50 bits per heavy atom. The average Bonchev–Trinajstić information content (AvgIpc) is 2.99. The second-order valence-electron chi connectivity index (χ2n) is 7.34. The summed E-state index contributed by atoms with van der Waals surface area (Å²) in [5.41, 5.74) is 4.50. The number of nitrogens with zero attached hydrogens (tertiary/aromatic N) is 4. The summed E-state index contributed by atoms with van der Waals surface area (Å²) in [5, 5.41) is 0. The quantitative estimate of drug-likeness (QED) is 0.668. The summed E-state index contributed by atoms with van der Waals surface area (Å²) < 4.78 is 1.56. The Kier molecular flexibility index (Phi) is 4.71. The molecule has 0 bridgehead atoms. The second kappa shape index (κ2) is 7.05. The third kappa shape index (κ3) is 2.99. The SMILES string of the molecule is Cc1cccc(N2CCN(C(=O)c3cnc4sc(C)c(C)n4c3=O)CC2)c1C. The van der Waals surface area contributed by atoms with E-state index >= 15 is 0 Å². The first-order chi connectivity index (χ1) is 13.4. The molecule has 0 aliphatic carbocycles. The Hall–Kier alpha value is -2.67. The molecule has 0 saturated carbocycles. The molecule has 4 rings (SSSR count). The number of amides is 1. The van der Waals surface area contributed by atoms with Gasteiger partial charge >= 0.3 is 0 Å². The van der Waals surface area contributed by atoms with Crippen molar-refractivity contribution in [2.75, 3.05) is 31.1 Å². The number of anilines is 1. The van der Waals surface area contributed by atoms with Gasteiger partial charge in [0.15, 0.2) is 4.96 Å². The normalized spacial score (nSPS) is 14.7. The van der Waals surface area contributed by atoms with Gasteiger partial charge in [0.05, 0.1) is 0 Å². The molecule has 1 aromatic carbocycles. The lowest BCUT2D eigenvalue weighted by molar-refractivity contribution is 0.0744. The van der Waals surface area contributed by atoms with Crippen molar-refractivity contribution < 1.29 is 4.79 Å². The van der Waals surface area contributed by atoms with E-state index in [4.69, 9.17) is 0 Å². The maximum atomic E-state index is 13.0. The number of thiazole rings is 1. The number of carbonyl (C=O) groups excluding carboxylic acids is 1. The molecule has 28 heavy (non-hydrogen) atoms. The minimum absolute atomic E-state index is 0.151. The molecular formula is C21H24N4O2S. The van der Waals surface area contributed by atoms with Crippen LogP contribution in [0.2, 0.25) is 0 Å². The van der Waals surface area contributed by atoms with Crippen molar-refractivity contribution >= 4 is 27.9 Å². The van der Waals surface area contributed by atoms with Crippen molar-refractivity contribution in [1.29, 1.82) is 0 Å². The molecule has 0 N–H and O–H groups in total. The third-order valence-electron chi connectivity index (χ3n) is 5.73. The lowest BCUT2D eigenvalue weighted by atomic mass is 10.1. The number of aromatic nitrogens is 2. The van der Waals surface area contributed by atoms with Crippen molar-refractivity contribution in [2.24, 2.45) is 0 Å². The first kappa shape index (κ1) is 18.7. The van der Waals surface area contributed by atoms with Crippen LogP contribution in [0.3, 0.4) is 0 Å². The van der Waals surface area contributed by atoms with E-state index in [1.165, 1.54) is 34.3 Å². The van der Waals surface area contributed by atoms with Gasteiger partial charge in [0.1, 0.15) is 5.56 Å². The summed E-state index contributed by atoms with van der Waals surface area (Å²) in [4.78, 5) is 36.0. The van der Waals surface area contributed by atoms with Gasteiger partial charge in [-0.1, -0.05) is 12.1 Å². The first-order valence-electron chi connectivity index (χ1n) is 9.46. The van der Waals surface area contributed by atoms with Crippen molar-refractivity contribution in [3.8, 4) is 0 Å². The van der Waals surface area contributed by atoms with Crippen LogP contribution in [0.4, 0.5) is 5.69 Å². The fourth-order valence-electron chi connectivity index (χ4n) is 3.72. The van der Waals surface area contributed by atoms with E-state index in [0.717, 1.165) is 23.7 Å². The molecule has 1 fully saturated rings. The molecule has 0 spiro atoms. The molecule has 6 nitrogen and oxygen atoms in total. The number of piperazine rings is 1. The molecule has 2 aromatic heterocycles. The smallest absolute Gasteiger partial charge is 0.271 e. The number of carbonyl (C=O) groups is 1. The van der Waals surface area contributed by atoms with Gasteiger partial charge in [0.25, 0.3) is 11.5 Å². The third-order valence-corrected chi connectivity index (χ3v) is 6.80. The van der Waals surface area contributed by atoms with E-state index in [0.29, 0.717) is 18.1 Å². The summed E-state index contributed by atoms with van der Waals surface area (Å²) in [6.45, 7) is 10.8. The number of benzene rings is 1. The molecule has 146 valence electrons. The topological polar surface area (TPSA) is 57.9 Å². The Labute approximate surface area is 168 Å². The van der Waals surface area contributed by atoms with Gasteiger partial charge in [-0.3, -0.25) is 14.0 Å². The van der Waals surface area contributed by atoms with Crippen LogP contribution in [0.1, 0.15) is 32.1 Å². The van der Waals surface area contributed by atoms with Gasteiger partial charge in [0, 0.05) is 48.6 Å². The van der Waals surface area contributed by atoms with E-state index in [9.17, 15) is 9.59 Å². The van der Waals surface area contributed by atoms with Crippen LogP contribution < -0.4 is 10.5 Å². The highest BCUT2D eigenvalue weighted by molar-refractivity contribution is 7.17. The van der Waals surface area contributed by atoms with E-state index < -0.39 is 0 Å². The number of hydrogen-bond acceptors (Lipinski definition) is 5. The van der Waals surface area contributed by atoms with Crippen molar-refractivity contribution in [2.45, 2.75) is 27.7 Å². The summed E-state index contributed by atoms with van der Waals surface area (Å²) in [6, 6.07) is 6.32. The van der Waals surface area contributed by atoms with E-state index in [2.05, 4.69) is 41.9 Å². The molecule has 0 unspecified atom stereocenters. The van der Waals surface area contributed by atoms with E-state index in [1.807, 2.05) is 13.8 Å². The monoisotopic (exact) mass is 396 g/mol. The Morgan fingerprint density at radius 2 is 1.79 bits per heavy atom. The fraction of sp³-hybridized carbons (Fsp3) is 0.381. The van der Waals surface area contributed by atoms with Gasteiger partial charge in [-0.2, -0.15) is 0 Å². The molecule has 3 heterocycles. The maximum Gasteiger partial charge on any atom is 0.271 e. The van der Waals surface area contributed by atoms with Crippen molar-refractivity contribution in [3.63, 3.8) is 0 Å². The van der Waals surface area contributed by atoms with Gasteiger partial charge in [-0.15, -0.1) is 11.3 Å². The number of fused-ring (bicyclic) bond motifs is 1. The molecule has 0 atom stereocenters. The van der Waals surface area contributed by atoms with Crippen molar-refractivity contribution in [1.82, 2.24) is 14.3 Å². The molecular weight excluding hydrogens is 372 g/mol. The van der Waals surface area contributed by atoms with Gasteiger partial charge in [-0.05, 0) is 44.9 Å². The van der Waals surface area contributed by atoms with E-state index in [-0.39, 0.29) is 17.0 Å². The minimum Gasteiger partial charge on any atom is -0.368 e. The highest BCUT2D eigenvalue weighted by Gasteiger charge is 2.26. The first-order valence-corrected chi connectivity index (χ1v) is 10.3. The average molecular weight is 397 g/mol. The Bertz CT molecular complexity index is 1120. The van der Waals surface area contributed by atoms with Gasteiger partial charge in [-0.25, -0.2) is 4.98 Å². The Balaban J connectivity index is 1.55. The largest absolute Gasteiger partial charge is 0.368 e. The van der Waals surface area contributed by atoms with E-state index in [1.54, 1.807) is 9.30 Å². The highest BCUT2D eigenvalue weighted by Crippen LogP contribution is 2.24. The van der Waals surface area contributed by atoms with Crippen LogP contribution in [0, 0.1) is 27.7 Å².